The molecule has 0 bridgehead atoms. The zero-order valence-corrected chi connectivity index (χ0v) is 17.4. The van der Waals surface area contributed by atoms with Gasteiger partial charge in [-0.05, 0) is 33.3 Å². The number of pyridine rings is 1. The summed E-state index contributed by atoms with van der Waals surface area (Å²) < 4.78 is 8.49. The van der Waals surface area contributed by atoms with Crippen LogP contribution in [0, 0.1) is 6.92 Å². The smallest absolute Gasteiger partial charge is 0.271 e. The lowest BCUT2D eigenvalue weighted by molar-refractivity contribution is -0.0411. The van der Waals surface area contributed by atoms with Gasteiger partial charge in [0, 0.05) is 23.9 Å². The van der Waals surface area contributed by atoms with E-state index in [1.165, 1.54) is 24.2 Å². The summed E-state index contributed by atoms with van der Waals surface area (Å²) in [7, 11) is 0. The summed E-state index contributed by atoms with van der Waals surface area (Å²) in [5.74, 6) is 0.791. The number of hydrogen-bond donors (Lipinski definition) is 0. The maximum atomic E-state index is 13.1. The van der Waals surface area contributed by atoms with Crippen LogP contribution in [-0.4, -0.2) is 20.1 Å². The van der Waals surface area contributed by atoms with Crippen LogP contribution >= 0.6 is 11.3 Å². The zero-order valence-electron chi connectivity index (χ0n) is 16.6. The monoisotopic (exact) mass is 385 g/mol. The van der Waals surface area contributed by atoms with E-state index in [4.69, 9.17) is 14.7 Å². The molecule has 0 atom stereocenters. The average Bonchev–Trinajstić information content (AvgIpc) is 2.96. The van der Waals surface area contributed by atoms with E-state index < -0.39 is 0 Å². The van der Waals surface area contributed by atoms with Gasteiger partial charge in [-0.2, -0.15) is 0 Å². The van der Waals surface area contributed by atoms with Crippen LogP contribution < -0.4 is 5.56 Å². The van der Waals surface area contributed by atoms with Gasteiger partial charge in [0.25, 0.3) is 5.56 Å². The highest BCUT2D eigenvalue weighted by Gasteiger charge is 2.28. The molecule has 3 aromatic rings. The van der Waals surface area contributed by atoms with Crippen LogP contribution in [0.5, 0.6) is 0 Å². The first-order valence-corrected chi connectivity index (χ1v) is 10.7. The Balaban J connectivity index is 1.79. The fourth-order valence-corrected chi connectivity index (χ4v) is 4.87. The van der Waals surface area contributed by atoms with Crippen LogP contribution in [0.15, 0.2) is 10.9 Å². The molecule has 0 aromatic carbocycles. The molecule has 144 valence electrons. The number of aryl methyl sites for hydroxylation is 1. The predicted molar refractivity (Wildman–Crippen MR) is 111 cm³/mol. The summed E-state index contributed by atoms with van der Waals surface area (Å²) in [6.45, 7) is 9.62. The van der Waals surface area contributed by atoms with Crippen molar-refractivity contribution in [3.05, 3.63) is 33.5 Å². The van der Waals surface area contributed by atoms with E-state index in [1.807, 2.05) is 11.5 Å². The number of nitrogens with zero attached hydrogens (tertiary/aromatic N) is 3. The molecule has 4 rings (SSSR count). The van der Waals surface area contributed by atoms with E-state index >= 15 is 0 Å². The summed E-state index contributed by atoms with van der Waals surface area (Å²) in [5.41, 5.74) is 2.88. The van der Waals surface area contributed by atoms with Crippen molar-refractivity contribution in [2.45, 2.75) is 78.6 Å². The first-order valence-electron chi connectivity index (χ1n) is 9.86. The highest BCUT2D eigenvalue weighted by Crippen LogP contribution is 2.34. The number of ether oxygens (including phenoxy) is 1. The number of hydrogen-bond acceptors (Lipinski definition) is 5. The second-order valence-corrected chi connectivity index (χ2v) is 9.13. The molecule has 0 spiro atoms. The lowest BCUT2D eigenvalue weighted by atomic mass is 9.95. The molecule has 5 nitrogen and oxygen atoms in total. The van der Waals surface area contributed by atoms with Crippen molar-refractivity contribution < 1.29 is 4.74 Å². The van der Waals surface area contributed by atoms with Crippen LogP contribution in [0.25, 0.3) is 20.4 Å². The topological polar surface area (TPSA) is 57.0 Å². The zero-order chi connectivity index (χ0) is 19.2. The van der Waals surface area contributed by atoms with Crippen LogP contribution in [-0.2, 0) is 24.3 Å². The second kappa shape index (κ2) is 6.99. The minimum absolute atomic E-state index is 0.0755. The van der Waals surface area contributed by atoms with Gasteiger partial charge in [-0.3, -0.25) is 9.36 Å². The van der Waals surface area contributed by atoms with Crippen LogP contribution in [0.3, 0.4) is 0 Å². The highest BCUT2D eigenvalue weighted by atomic mass is 32.1. The molecule has 0 fully saturated rings. The standard InChI is InChI=1S/C21H27N3O2S/c1-5-6-7-8-9-24-13(2)22-17-15-10-14-12-26-21(3,4)11-16(14)23-19(15)27-18(17)20(24)25/h10H,5-9,11-12H2,1-4H3. The highest BCUT2D eigenvalue weighted by molar-refractivity contribution is 7.25. The van der Waals surface area contributed by atoms with E-state index in [0.717, 1.165) is 63.3 Å². The van der Waals surface area contributed by atoms with Crippen molar-refractivity contribution in [2.24, 2.45) is 0 Å². The summed E-state index contributed by atoms with van der Waals surface area (Å²) in [6, 6.07) is 2.13. The van der Waals surface area contributed by atoms with Crippen LogP contribution in [0.2, 0.25) is 0 Å². The van der Waals surface area contributed by atoms with Gasteiger partial charge in [0.15, 0.2) is 0 Å². The van der Waals surface area contributed by atoms with E-state index in [-0.39, 0.29) is 11.2 Å². The summed E-state index contributed by atoms with van der Waals surface area (Å²) in [6.07, 6.45) is 5.36. The molecule has 0 N–H and O–H groups in total. The fraction of sp³-hybridized carbons (Fsp3) is 0.571. The SMILES string of the molecule is CCCCCCn1c(C)nc2c(sc3nc4c(cc32)COC(C)(C)C4)c1=O. The van der Waals surface area contributed by atoms with Gasteiger partial charge in [-0.25, -0.2) is 9.97 Å². The molecule has 0 saturated heterocycles. The third-order valence-corrected chi connectivity index (χ3v) is 6.45. The van der Waals surface area contributed by atoms with Gasteiger partial charge in [-0.1, -0.05) is 26.2 Å². The molecule has 27 heavy (non-hydrogen) atoms. The van der Waals surface area contributed by atoms with Gasteiger partial charge in [0.05, 0.1) is 23.4 Å². The number of rotatable bonds is 5. The minimum atomic E-state index is -0.190. The van der Waals surface area contributed by atoms with E-state index in [9.17, 15) is 4.79 Å². The third kappa shape index (κ3) is 3.41. The Labute approximate surface area is 163 Å². The third-order valence-electron chi connectivity index (χ3n) is 5.38. The van der Waals surface area contributed by atoms with Crippen LogP contribution in [0.4, 0.5) is 0 Å². The van der Waals surface area contributed by atoms with Crippen molar-refractivity contribution in [1.82, 2.24) is 14.5 Å². The van der Waals surface area contributed by atoms with Crippen molar-refractivity contribution >= 4 is 31.8 Å². The summed E-state index contributed by atoms with van der Waals surface area (Å²) >= 11 is 1.48. The molecule has 3 aromatic heterocycles. The van der Waals surface area contributed by atoms with Crippen molar-refractivity contribution in [1.29, 1.82) is 0 Å². The molecule has 0 aliphatic carbocycles. The van der Waals surface area contributed by atoms with Gasteiger partial charge >= 0.3 is 0 Å². The number of thiophene rings is 1. The average molecular weight is 386 g/mol. The number of aromatic nitrogens is 3. The maximum absolute atomic E-state index is 13.1. The molecule has 1 aliphatic heterocycles. The molecular formula is C21H27N3O2S. The first kappa shape index (κ1) is 18.6. The van der Waals surface area contributed by atoms with Gasteiger partial charge in [0.1, 0.15) is 15.4 Å². The van der Waals surface area contributed by atoms with Gasteiger partial charge in [-0.15, -0.1) is 11.3 Å². The van der Waals surface area contributed by atoms with Crippen LogP contribution in [0.1, 0.15) is 63.5 Å². The Hall–Kier alpha value is -1.79. The Morgan fingerprint density at radius 2 is 2.07 bits per heavy atom. The molecule has 0 radical (unpaired) electrons. The summed E-state index contributed by atoms with van der Waals surface area (Å²) in [5, 5.41) is 0.982. The Morgan fingerprint density at radius 1 is 1.26 bits per heavy atom. The molecule has 0 unspecified atom stereocenters. The van der Waals surface area contributed by atoms with E-state index in [0.29, 0.717) is 6.61 Å². The largest absolute Gasteiger partial charge is 0.370 e. The molecule has 6 heteroatoms. The predicted octanol–water partition coefficient (Wildman–Crippen LogP) is 4.75. The quantitative estimate of drug-likeness (QED) is 0.595. The lowest BCUT2D eigenvalue weighted by Gasteiger charge is -2.30. The molecule has 0 amide bonds. The van der Waals surface area contributed by atoms with Crippen molar-refractivity contribution in [3.8, 4) is 0 Å². The molecule has 1 aliphatic rings. The second-order valence-electron chi connectivity index (χ2n) is 8.13. The van der Waals surface area contributed by atoms with Gasteiger partial charge in [0.2, 0.25) is 0 Å². The normalized spacial score (nSPS) is 16.1. The number of fused-ring (bicyclic) bond motifs is 4. The lowest BCUT2D eigenvalue weighted by Crippen LogP contribution is -2.32. The molecule has 0 saturated carbocycles. The van der Waals surface area contributed by atoms with Crippen molar-refractivity contribution in [2.75, 3.05) is 0 Å². The molecule has 4 heterocycles. The first-order chi connectivity index (χ1) is 12.9. The van der Waals surface area contributed by atoms with E-state index in [2.05, 4.69) is 26.8 Å². The summed E-state index contributed by atoms with van der Waals surface area (Å²) in [4.78, 5) is 23.7. The van der Waals surface area contributed by atoms with E-state index in [1.54, 1.807) is 0 Å². The Morgan fingerprint density at radius 3 is 2.85 bits per heavy atom. The Kier molecular flexibility index (Phi) is 4.80. The Bertz CT molecular complexity index is 1060. The fourth-order valence-electron chi connectivity index (χ4n) is 3.80. The van der Waals surface area contributed by atoms with Crippen molar-refractivity contribution in [3.63, 3.8) is 0 Å². The minimum Gasteiger partial charge on any atom is -0.370 e. The maximum Gasteiger partial charge on any atom is 0.271 e. The molecular weight excluding hydrogens is 358 g/mol. The van der Waals surface area contributed by atoms with Gasteiger partial charge < -0.3 is 4.74 Å². The number of unbranched alkanes of at least 4 members (excludes halogenated alkanes) is 3.